The Balaban J connectivity index is 1.30. The first-order valence-corrected chi connectivity index (χ1v) is 9.47. The Kier molecular flexibility index (Phi) is 4.81. The van der Waals surface area contributed by atoms with Crippen LogP contribution in [0.4, 0.5) is 10.1 Å². The summed E-state index contributed by atoms with van der Waals surface area (Å²) in [4.78, 5) is 14.5. The lowest BCUT2D eigenvalue weighted by molar-refractivity contribution is -0.116. The largest absolute Gasteiger partial charge is 0.464 e. The van der Waals surface area contributed by atoms with Crippen LogP contribution in [0.5, 0.6) is 0 Å². The molecule has 0 spiro atoms. The molecule has 2 atom stereocenters. The average Bonchev–Trinajstić information content (AvgIpc) is 3.54. The molecule has 1 N–H and O–H groups in total. The van der Waals surface area contributed by atoms with E-state index in [2.05, 4.69) is 29.3 Å². The molecule has 138 valence electrons. The Bertz CT molecular complexity index is 784. The third-order valence-electron chi connectivity index (χ3n) is 5.35. The molecule has 2 unspecified atom stereocenters. The minimum atomic E-state index is -0.405. The minimum Gasteiger partial charge on any atom is -0.464 e. The van der Waals surface area contributed by atoms with Gasteiger partial charge in [-0.25, -0.2) is 4.39 Å². The summed E-state index contributed by atoms with van der Waals surface area (Å²) in [5, 5.41) is 2.66. The van der Waals surface area contributed by atoms with Crippen molar-refractivity contribution >= 4 is 11.6 Å². The summed E-state index contributed by atoms with van der Waals surface area (Å²) in [6, 6.07) is 10.9. The number of halogens is 1. The molecule has 0 bridgehead atoms. The van der Waals surface area contributed by atoms with Crippen molar-refractivity contribution in [2.45, 2.75) is 51.1 Å². The maximum atomic E-state index is 13.6. The van der Waals surface area contributed by atoms with E-state index in [0.29, 0.717) is 24.9 Å². The molecular weight excluding hydrogens is 331 g/mol. The highest BCUT2D eigenvalue weighted by Crippen LogP contribution is 2.47. The Morgan fingerprint density at radius 1 is 1.27 bits per heavy atom. The van der Waals surface area contributed by atoms with Crippen molar-refractivity contribution in [1.82, 2.24) is 4.90 Å². The van der Waals surface area contributed by atoms with E-state index in [1.165, 1.54) is 25.3 Å². The van der Waals surface area contributed by atoms with E-state index in [1.54, 1.807) is 18.2 Å². The molecule has 5 heteroatoms. The number of hydrogen-bond acceptors (Lipinski definition) is 3. The average molecular weight is 356 g/mol. The number of anilines is 1. The summed E-state index contributed by atoms with van der Waals surface area (Å²) >= 11 is 0. The third kappa shape index (κ3) is 4.15. The van der Waals surface area contributed by atoms with Gasteiger partial charge in [-0.15, -0.1) is 0 Å². The van der Waals surface area contributed by atoms with Gasteiger partial charge in [0.2, 0.25) is 5.91 Å². The number of para-hydroxylation sites is 1. The summed E-state index contributed by atoms with van der Waals surface area (Å²) in [5.74, 6) is 2.83. The molecule has 4 nitrogen and oxygen atoms in total. The SMILES string of the molecule is CC1CC1c1ccc(CN(CCC(=O)Nc2ccccc2F)C2CC2)o1. The van der Waals surface area contributed by atoms with Gasteiger partial charge in [-0.05, 0) is 49.4 Å². The molecule has 0 radical (unpaired) electrons. The first-order chi connectivity index (χ1) is 12.6. The summed E-state index contributed by atoms with van der Waals surface area (Å²) in [6.45, 7) is 3.64. The van der Waals surface area contributed by atoms with Crippen LogP contribution in [0, 0.1) is 11.7 Å². The molecule has 2 aliphatic carbocycles. The van der Waals surface area contributed by atoms with Gasteiger partial charge in [0.05, 0.1) is 12.2 Å². The van der Waals surface area contributed by atoms with E-state index in [-0.39, 0.29) is 11.6 Å². The van der Waals surface area contributed by atoms with E-state index in [0.717, 1.165) is 24.0 Å². The summed E-state index contributed by atoms with van der Waals surface area (Å²) in [7, 11) is 0. The highest BCUT2D eigenvalue weighted by molar-refractivity contribution is 5.90. The number of hydrogen-bond donors (Lipinski definition) is 1. The van der Waals surface area contributed by atoms with Crippen LogP contribution in [-0.4, -0.2) is 23.4 Å². The summed E-state index contributed by atoms with van der Waals surface area (Å²) < 4.78 is 19.6. The van der Waals surface area contributed by atoms with Gasteiger partial charge in [0.15, 0.2) is 0 Å². The molecule has 1 heterocycles. The van der Waals surface area contributed by atoms with Crippen LogP contribution in [0.15, 0.2) is 40.8 Å². The number of nitrogens with zero attached hydrogens (tertiary/aromatic N) is 1. The molecule has 4 rings (SSSR count). The van der Waals surface area contributed by atoms with Crippen molar-refractivity contribution < 1.29 is 13.6 Å². The number of carbonyl (C=O) groups is 1. The second-order valence-electron chi connectivity index (χ2n) is 7.60. The zero-order valence-electron chi connectivity index (χ0n) is 15.1. The van der Waals surface area contributed by atoms with Crippen molar-refractivity contribution in [1.29, 1.82) is 0 Å². The van der Waals surface area contributed by atoms with Crippen molar-refractivity contribution in [2.24, 2.45) is 5.92 Å². The fourth-order valence-electron chi connectivity index (χ4n) is 3.45. The third-order valence-corrected chi connectivity index (χ3v) is 5.35. The van der Waals surface area contributed by atoms with Gasteiger partial charge in [0, 0.05) is 24.9 Å². The molecule has 0 saturated heterocycles. The van der Waals surface area contributed by atoms with Crippen LogP contribution < -0.4 is 5.32 Å². The van der Waals surface area contributed by atoms with Gasteiger partial charge >= 0.3 is 0 Å². The van der Waals surface area contributed by atoms with Crippen molar-refractivity contribution in [3.05, 3.63) is 53.7 Å². The van der Waals surface area contributed by atoms with Crippen LogP contribution in [-0.2, 0) is 11.3 Å². The smallest absolute Gasteiger partial charge is 0.225 e. The van der Waals surface area contributed by atoms with E-state index in [4.69, 9.17) is 4.42 Å². The number of furan rings is 1. The predicted molar refractivity (Wildman–Crippen MR) is 98.3 cm³/mol. The molecule has 2 saturated carbocycles. The standard InChI is InChI=1S/C21H25FN2O2/c1-14-12-17(14)20-9-8-16(26-20)13-24(15-6-7-15)11-10-21(25)23-19-5-3-2-4-18(19)22/h2-5,8-9,14-15,17H,6-7,10-13H2,1H3,(H,23,25). The lowest BCUT2D eigenvalue weighted by Crippen LogP contribution is -2.29. The Morgan fingerprint density at radius 3 is 2.73 bits per heavy atom. The van der Waals surface area contributed by atoms with Crippen LogP contribution >= 0.6 is 0 Å². The molecule has 2 aliphatic rings. The quantitative estimate of drug-likeness (QED) is 0.755. The molecule has 2 fully saturated rings. The monoisotopic (exact) mass is 356 g/mol. The molecule has 0 aliphatic heterocycles. The van der Waals surface area contributed by atoms with Gasteiger partial charge in [0.25, 0.3) is 0 Å². The molecule has 1 amide bonds. The first-order valence-electron chi connectivity index (χ1n) is 9.47. The van der Waals surface area contributed by atoms with Crippen LogP contribution in [0.1, 0.15) is 50.0 Å². The van der Waals surface area contributed by atoms with Crippen LogP contribution in [0.3, 0.4) is 0 Å². The lowest BCUT2D eigenvalue weighted by Gasteiger charge is -2.20. The van der Waals surface area contributed by atoms with Crippen LogP contribution in [0.2, 0.25) is 0 Å². The maximum Gasteiger partial charge on any atom is 0.225 e. The first kappa shape index (κ1) is 17.3. The van der Waals surface area contributed by atoms with E-state index in [9.17, 15) is 9.18 Å². The highest BCUT2D eigenvalue weighted by atomic mass is 19.1. The number of rotatable bonds is 8. The van der Waals surface area contributed by atoms with Gasteiger partial charge in [-0.1, -0.05) is 19.1 Å². The summed E-state index contributed by atoms with van der Waals surface area (Å²) in [5.41, 5.74) is 0.240. The second-order valence-corrected chi connectivity index (χ2v) is 7.60. The normalized spacial score (nSPS) is 21.8. The lowest BCUT2D eigenvalue weighted by atomic mass is 10.2. The predicted octanol–water partition coefficient (Wildman–Crippen LogP) is 4.54. The topological polar surface area (TPSA) is 45.5 Å². The van der Waals surface area contributed by atoms with Crippen molar-refractivity contribution in [3.63, 3.8) is 0 Å². The van der Waals surface area contributed by atoms with Crippen molar-refractivity contribution in [3.8, 4) is 0 Å². The van der Waals surface area contributed by atoms with Gasteiger partial charge < -0.3 is 9.73 Å². The van der Waals surface area contributed by atoms with Crippen LogP contribution in [0.25, 0.3) is 0 Å². The molecular formula is C21H25FN2O2. The fourth-order valence-corrected chi connectivity index (χ4v) is 3.45. The number of amides is 1. The fraction of sp³-hybridized carbons (Fsp3) is 0.476. The Hall–Kier alpha value is -2.14. The zero-order chi connectivity index (χ0) is 18.1. The summed E-state index contributed by atoms with van der Waals surface area (Å²) in [6.07, 6.45) is 3.90. The van der Waals surface area contributed by atoms with Gasteiger partial charge in [-0.3, -0.25) is 9.69 Å². The highest BCUT2D eigenvalue weighted by Gasteiger charge is 2.37. The number of carbonyl (C=O) groups excluding carboxylic acids is 1. The zero-order valence-corrected chi connectivity index (χ0v) is 15.1. The minimum absolute atomic E-state index is 0.160. The molecule has 2 aromatic rings. The van der Waals surface area contributed by atoms with Gasteiger partial charge in [0.1, 0.15) is 17.3 Å². The maximum absolute atomic E-state index is 13.6. The van der Waals surface area contributed by atoms with Crippen molar-refractivity contribution in [2.75, 3.05) is 11.9 Å². The number of benzene rings is 1. The van der Waals surface area contributed by atoms with E-state index < -0.39 is 5.82 Å². The second kappa shape index (κ2) is 7.23. The Morgan fingerprint density at radius 2 is 2.04 bits per heavy atom. The molecule has 1 aromatic heterocycles. The molecule has 1 aromatic carbocycles. The molecule has 26 heavy (non-hydrogen) atoms. The van der Waals surface area contributed by atoms with E-state index >= 15 is 0 Å². The van der Waals surface area contributed by atoms with Gasteiger partial charge in [-0.2, -0.15) is 0 Å². The number of nitrogens with one attached hydrogen (secondary N) is 1. The Labute approximate surface area is 153 Å². The van der Waals surface area contributed by atoms with E-state index in [1.807, 2.05) is 0 Å².